The van der Waals surface area contributed by atoms with Crippen molar-refractivity contribution in [2.75, 3.05) is 13.1 Å². The topological polar surface area (TPSA) is 41.0 Å². The number of carbonyl (C=O) groups is 1. The van der Waals surface area contributed by atoms with Crippen molar-refractivity contribution in [3.63, 3.8) is 0 Å². The van der Waals surface area contributed by atoms with Crippen molar-refractivity contribution in [3.05, 3.63) is 27.2 Å². The molecule has 1 amide bonds. The van der Waals surface area contributed by atoms with Gasteiger partial charge in [0.15, 0.2) is 4.77 Å². The number of hydrogen-bond acceptors (Lipinski definition) is 2. The minimum absolute atomic E-state index is 0.0275. The molecule has 1 N–H and O–H groups in total. The van der Waals surface area contributed by atoms with Gasteiger partial charge in [0.05, 0.1) is 15.5 Å². The number of aromatic amines is 1. The van der Waals surface area contributed by atoms with Gasteiger partial charge in [-0.05, 0) is 55.0 Å². The maximum absolute atomic E-state index is 13.8. The molecule has 0 saturated carbocycles. The fourth-order valence-electron chi connectivity index (χ4n) is 2.42. The Labute approximate surface area is 136 Å². The number of halogens is 2. The molecule has 0 radical (unpaired) electrons. The minimum Gasteiger partial charge on any atom is -0.341 e. The summed E-state index contributed by atoms with van der Waals surface area (Å²) in [4.78, 5) is 17.2. The standard InChI is InChI=1S/C14H17BrFN3OS/c1-4-18(5-2)13(20)8(3)19-12-7-10(16)9(15)6-11(12)17-14(19)21/h6-8H,4-5H2,1-3H3,(H,17,21). The number of amides is 1. The molecule has 1 aromatic heterocycles. The highest BCUT2D eigenvalue weighted by Crippen LogP contribution is 2.26. The van der Waals surface area contributed by atoms with E-state index in [1.54, 1.807) is 22.5 Å². The predicted molar refractivity (Wildman–Crippen MR) is 87.4 cm³/mol. The normalized spacial score (nSPS) is 12.6. The molecule has 0 fully saturated rings. The largest absolute Gasteiger partial charge is 0.341 e. The van der Waals surface area contributed by atoms with Crippen LogP contribution in [0.15, 0.2) is 16.6 Å². The molecule has 1 heterocycles. The summed E-state index contributed by atoms with van der Waals surface area (Å²) in [5.74, 6) is -0.409. The van der Waals surface area contributed by atoms with Gasteiger partial charge in [-0.3, -0.25) is 4.79 Å². The number of nitrogens with zero attached hydrogens (tertiary/aromatic N) is 2. The first kappa shape index (κ1) is 16.2. The average molecular weight is 374 g/mol. The van der Waals surface area contributed by atoms with Crippen molar-refractivity contribution in [2.24, 2.45) is 0 Å². The zero-order chi connectivity index (χ0) is 15.7. The molecular weight excluding hydrogens is 357 g/mol. The lowest BCUT2D eigenvalue weighted by Crippen LogP contribution is -2.36. The van der Waals surface area contributed by atoms with E-state index in [1.807, 2.05) is 13.8 Å². The molecule has 0 aliphatic carbocycles. The van der Waals surface area contributed by atoms with E-state index in [0.29, 0.717) is 33.4 Å². The average Bonchev–Trinajstić information content (AvgIpc) is 2.75. The van der Waals surface area contributed by atoms with Crippen molar-refractivity contribution in [1.82, 2.24) is 14.5 Å². The summed E-state index contributed by atoms with van der Waals surface area (Å²) in [5, 5.41) is 0. The number of nitrogens with one attached hydrogen (secondary N) is 1. The van der Waals surface area contributed by atoms with Crippen LogP contribution in [0.5, 0.6) is 0 Å². The molecule has 0 saturated heterocycles. The van der Waals surface area contributed by atoms with Gasteiger partial charge in [0, 0.05) is 19.2 Å². The second-order valence-electron chi connectivity index (χ2n) is 4.77. The van der Waals surface area contributed by atoms with E-state index in [1.165, 1.54) is 6.07 Å². The molecule has 1 unspecified atom stereocenters. The van der Waals surface area contributed by atoms with Gasteiger partial charge in [-0.25, -0.2) is 4.39 Å². The number of imidazole rings is 1. The van der Waals surface area contributed by atoms with Crippen LogP contribution in [0, 0.1) is 10.6 Å². The van der Waals surface area contributed by atoms with Gasteiger partial charge < -0.3 is 14.5 Å². The maximum Gasteiger partial charge on any atom is 0.245 e. The van der Waals surface area contributed by atoms with Gasteiger partial charge in [0.25, 0.3) is 0 Å². The van der Waals surface area contributed by atoms with E-state index in [2.05, 4.69) is 20.9 Å². The second-order valence-corrected chi connectivity index (χ2v) is 6.01. The number of likely N-dealkylation sites (N-methyl/N-ethyl adjacent to an activating group) is 1. The van der Waals surface area contributed by atoms with Gasteiger partial charge in [-0.2, -0.15) is 0 Å². The zero-order valence-electron chi connectivity index (χ0n) is 12.1. The van der Waals surface area contributed by atoms with Crippen LogP contribution in [0.1, 0.15) is 26.8 Å². The highest BCUT2D eigenvalue weighted by Gasteiger charge is 2.22. The summed E-state index contributed by atoms with van der Waals surface area (Å²) in [6.07, 6.45) is 0. The van der Waals surface area contributed by atoms with Crippen LogP contribution < -0.4 is 0 Å². The Morgan fingerprint density at radius 1 is 1.48 bits per heavy atom. The fourth-order valence-corrected chi connectivity index (χ4v) is 3.12. The van der Waals surface area contributed by atoms with Crippen molar-refractivity contribution < 1.29 is 9.18 Å². The quantitative estimate of drug-likeness (QED) is 0.821. The maximum atomic E-state index is 13.8. The van der Waals surface area contributed by atoms with Gasteiger partial charge >= 0.3 is 0 Å². The smallest absolute Gasteiger partial charge is 0.245 e. The summed E-state index contributed by atoms with van der Waals surface area (Å²) in [6, 6.07) is 2.54. The van der Waals surface area contributed by atoms with Gasteiger partial charge in [0.1, 0.15) is 11.9 Å². The highest BCUT2D eigenvalue weighted by molar-refractivity contribution is 9.10. The molecule has 2 rings (SSSR count). The lowest BCUT2D eigenvalue weighted by Gasteiger charge is -2.24. The first-order valence-electron chi connectivity index (χ1n) is 6.78. The Morgan fingerprint density at radius 2 is 2.10 bits per heavy atom. The molecule has 114 valence electrons. The lowest BCUT2D eigenvalue weighted by molar-refractivity contribution is -0.133. The van der Waals surface area contributed by atoms with Crippen LogP contribution in [0.25, 0.3) is 11.0 Å². The van der Waals surface area contributed by atoms with Crippen molar-refractivity contribution in [2.45, 2.75) is 26.8 Å². The van der Waals surface area contributed by atoms with Gasteiger partial charge in [-0.15, -0.1) is 0 Å². The number of benzene rings is 1. The number of hydrogen-bond donors (Lipinski definition) is 1. The van der Waals surface area contributed by atoms with Crippen LogP contribution in [0.3, 0.4) is 0 Å². The number of rotatable bonds is 4. The van der Waals surface area contributed by atoms with Crippen LogP contribution >= 0.6 is 28.1 Å². The molecule has 1 atom stereocenters. The van der Waals surface area contributed by atoms with Crippen molar-refractivity contribution >= 4 is 45.1 Å². The molecule has 0 bridgehead atoms. The molecule has 21 heavy (non-hydrogen) atoms. The molecule has 2 aromatic rings. The first-order valence-corrected chi connectivity index (χ1v) is 7.98. The van der Waals surface area contributed by atoms with E-state index in [0.717, 1.165) is 0 Å². The predicted octanol–water partition coefficient (Wildman–Crippen LogP) is 4.03. The van der Waals surface area contributed by atoms with Gasteiger partial charge in [-0.1, -0.05) is 0 Å². The Hall–Kier alpha value is -1.21. The lowest BCUT2D eigenvalue weighted by atomic mass is 10.2. The second kappa shape index (κ2) is 6.27. The molecule has 0 aliphatic rings. The van der Waals surface area contributed by atoms with Crippen LogP contribution in [-0.2, 0) is 4.79 Å². The summed E-state index contributed by atoms with van der Waals surface area (Å²) in [7, 11) is 0. The van der Waals surface area contributed by atoms with Crippen molar-refractivity contribution in [3.8, 4) is 0 Å². The molecular formula is C14H17BrFN3OS. The Morgan fingerprint density at radius 3 is 2.67 bits per heavy atom. The summed E-state index contributed by atoms with van der Waals surface area (Å²) < 4.78 is 16.2. The third-order valence-corrected chi connectivity index (χ3v) is 4.48. The minimum atomic E-state index is -0.480. The third-order valence-electron chi connectivity index (χ3n) is 3.58. The number of fused-ring (bicyclic) bond motifs is 1. The Kier molecular flexibility index (Phi) is 4.83. The summed E-state index contributed by atoms with van der Waals surface area (Å²) in [6.45, 7) is 6.91. The van der Waals surface area contributed by atoms with E-state index in [4.69, 9.17) is 12.2 Å². The number of aromatic nitrogens is 2. The van der Waals surface area contributed by atoms with E-state index < -0.39 is 6.04 Å². The molecule has 1 aromatic carbocycles. The fraction of sp³-hybridized carbons (Fsp3) is 0.429. The van der Waals surface area contributed by atoms with Gasteiger partial charge in [0.2, 0.25) is 5.91 Å². The highest BCUT2D eigenvalue weighted by atomic mass is 79.9. The van der Waals surface area contributed by atoms with E-state index in [9.17, 15) is 9.18 Å². The molecule has 7 heteroatoms. The molecule has 0 aliphatic heterocycles. The van der Waals surface area contributed by atoms with Crippen LogP contribution in [0.2, 0.25) is 0 Å². The third kappa shape index (κ3) is 2.89. The zero-order valence-corrected chi connectivity index (χ0v) is 14.5. The number of carbonyl (C=O) groups excluding carboxylic acids is 1. The SMILES string of the molecule is CCN(CC)C(=O)C(C)n1c(=S)[nH]c2cc(Br)c(F)cc21. The molecule has 0 spiro atoms. The Balaban J connectivity index is 2.56. The van der Waals surface area contributed by atoms with Crippen molar-refractivity contribution in [1.29, 1.82) is 0 Å². The Bertz CT molecular complexity index is 736. The first-order chi connectivity index (χ1) is 9.90. The van der Waals surface area contributed by atoms with Crippen LogP contribution in [-0.4, -0.2) is 33.4 Å². The van der Waals surface area contributed by atoms with E-state index >= 15 is 0 Å². The van der Waals surface area contributed by atoms with E-state index in [-0.39, 0.29) is 11.7 Å². The summed E-state index contributed by atoms with van der Waals surface area (Å²) in [5.41, 5.74) is 1.29. The number of H-pyrrole nitrogens is 1. The monoisotopic (exact) mass is 373 g/mol. The molecule has 4 nitrogen and oxygen atoms in total. The summed E-state index contributed by atoms with van der Waals surface area (Å²) >= 11 is 8.44. The van der Waals surface area contributed by atoms with Crippen LogP contribution in [0.4, 0.5) is 4.39 Å².